The molecule has 0 bridgehead atoms. The van der Waals surface area contributed by atoms with Crippen molar-refractivity contribution in [2.24, 2.45) is 0 Å². The van der Waals surface area contributed by atoms with Crippen LogP contribution >= 0.6 is 0 Å². The first-order chi connectivity index (χ1) is 9.60. The highest BCUT2D eigenvalue weighted by Gasteiger charge is 2.21. The number of carbonyl (C=O) groups excluding carboxylic acids is 1. The third kappa shape index (κ3) is 3.76. The van der Waals surface area contributed by atoms with Crippen molar-refractivity contribution in [2.45, 2.75) is 44.7 Å². The molecule has 20 heavy (non-hydrogen) atoms. The van der Waals surface area contributed by atoms with Crippen molar-refractivity contribution in [1.29, 1.82) is 0 Å². The smallest absolute Gasteiger partial charge is 0.222 e. The average Bonchev–Trinajstić information content (AvgIpc) is 2.89. The van der Waals surface area contributed by atoms with Crippen LogP contribution in [0.15, 0.2) is 18.2 Å². The molecule has 5 heteroatoms. The van der Waals surface area contributed by atoms with E-state index in [1.54, 1.807) is 0 Å². The van der Waals surface area contributed by atoms with Crippen molar-refractivity contribution >= 4 is 5.91 Å². The third-order valence-corrected chi connectivity index (χ3v) is 3.68. The number of benzene rings is 1. The molecule has 0 radical (unpaired) electrons. The van der Waals surface area contributed by atoms with Gasteiger partial charge in [0.25, 0.3) is 0 Å². The summed E-state index contributed by atoms with van der Waals surface area (Å²) in [5, 5.41) is 6.08. The molecule has 1 aliphatic heterocycles. The number of hydrogen-bond acceptors (Lipinski definition) is 2. The van der Waals surface area contributed by atoms with E-state index in [2.05, 4.69) is 10.6 Å². The standard InChI is InChI=1S/C15H20F2N2O/c1-2-14(12-6-5-10(16)8-13(12)17)19-15(20)9-11-4-3-7-18-11/h5-6,8,11,14,18H,2-4,7,9H2,1H3,(H,19,20). The lowest BCUT2D eigenvalue weighted by molar-refractivity contribution is -0.122. The number of hydrogen-bond donors (Lipinski definition) is 2. The molecule has 0 spiro atoms. The average molecular weight is 282 g/mol. The number of halogens is 2. The largest absolute Gasteiger partial charge is 0.349 e. The Morgan fingerprint density at radius 3 is 2.90 bits per heavy atom. The van der Waals surface area contributed by atoms with Crippen LogP contribution in [0.4, 0.5) is 8.78 Å². The lowest BCUT2D eigenvalue weighted by Crippen LogP contribution is -2.34. The van der Waals surface area contributed by atoms with Gasteiger partial charge in [-0.15, -0.1) is 0 Å². The van der Waals surface area contributed by atoms with Gasteiger partial charge in [0, 0.05) is 24.1 Å². The number of amides is 1. The van der Waals surface area contributed by atoms with Gasteiger partial charge in [0.2, 0.25) is 5.91 Å². The van der Waals surface area contributed by atoms with E-state index in [-0.39, 0.29) is 11.9 Å². The molecule has 1 fully saturated rings. The van der Waals surface area contributed by atoms with Gasteiger partial charge in [-0.3, -0.25) is 4.79 Å². The van der Waals surface area contributed by atoms with Gasteiger partial charge >= 0.3 is 0 Å². The molecular weight excluding hydrogens is 262 g/mol. The Bertz CT molecular complexity index is 473. The van der Waals surface area contributed by atoms with Crippen LogP contribution in [0.3, 0.4) is 0 Å². The van der Waals surface area contributed by atoms with E-state index in [9.17, 15) is 13.6 Å². The van der Waals surface area contributed by atoms with Crippen LogP contribution in [0.25, 0.3) is 0 Å². The third-order valence-electron chi connectivity index (χ3n) is 3.68. The van der Waals surface area contributed by atoms with Crippen LogP contribution < -0.4 is 10.6 Å². The minimum Gasteiger partial charge on any atom is -0.349 e. The number of nitrogens with one attached hydrogen (secondary N) is 2. The number of carbonyl (C=O) groups is 1. The summed E-state index contributed by atoms with van der Waals surface area (Å²) in [6.45, 7) is 2.81. The molecule has 1 heterocycles. The molecule has 2 N–H and O–H groups in total. The van der Waals surface area contributed by atoms with Gasteiger partial charge in [-0.1, -0.05) is 13.0 Å². The summed E-state index contributed by atoms with van der Waals surface area (Å²) in [4.78, 5) is 12.0. The second-order valence-electron chi connectivity index (χ2n) is 5.19. The maximum Gasteiger partial charge on any atom is 0.222 e. The molecule has 1 amide bonds. The predicted molar refractivity (Wildman–Crippen MR) is 73.2 cm³/mol. The van der Waals surface area contributed by atoms with Crippen LogP contribution in [0, 0.1) is 11.6 Å². The molecule has 1 aromatic rings. The van der Waals surface area contributed by atoms with Crippen molar-refractivity contribution in [1.82, 2.24) is 10.6 Å². The summed E-state index contributed by atoms with van der Waals surface area (Å²) in [5.41, 5.74) is 0.335. The Labute approximate surface area is 117 Å². The molecule has 2 atom stereocenters. The van der Waals surface area contributed by atoms with Gasteiger partial charge in [0.15, 0.2) is 0 Å². The Kier molecular flexibility index (Phi) is 5.06. The molecular formula is C15H20F2N2O. The highest BCUT2D eigenvalue weighted by atomic mass is 19.1. The second-order valence-corrected chi connectivity index (χ2v) is 5.19. The zero-order valence-electron chi connectivity index (χ0n) is 11.6. The summed E-state index contributed by atoms with van der Waals surface area (Å²) in [5.74, 6) is -1.32. The molecule has 110 valence electrons. The lowest BCUT2D eigenvalue weighted by Gasteiger charge is -2.19. The van der Waals surface area contributed by atoms with Crippen molar-refractivity contribution in [2.75, 3.05) is 6.54 Å². The summed E-state index contributed by atoms with van der Waals surface area (Å²) in [6, 6.07) is 3.26. The van der Waals surface area contributed by atoms with Gasteiger partial charge in [0.1, 0.15) is 11.6 Å². The van der Waals surface area contributed by atoms with E-state index in [4.69, 9.17) is 0 Å². The number of rotatable bonds is 5. The quantitative estimate of drug-likeness (QED) is 0.871. The molecule has 0 aromatic heterocycles. The second kappa shape index (κ2) is 6.79. The first kappa shape index (κ1) is 14.9. The molecule has 1 aliphatic rings. The van der Waals surface area contributed by atoms with Crippen LogP contribution in [-0.2, 0) is 4.79 Å². The fourth-order valence-corrected chi connectivity index (χ4v) is 2.59. The highest BCUT2D eigenvalue weighted by Crippen LogP contribution is 2.21. The molecule has 1 aromatic carbocycles. The zero-order chi connectivity index (χ0) is 14.5. The summed E-state index contributed by atoms with van der Waals surface area (Å²) in [6.07, 6.45) is 3.04. The van der Waals surface area contributed by atoms with Gasteiger partial charge in [0.05, 0.1) is 6.04 Å². The van der Waals surface area contributed by atoms with Crippen LogP contribution in [-0.4, -0.2) is 18.5 Å². The van der Waals surface area contributed by atoms with Crippen LogP contribution in [0.2, 0.25) is 0 Å². The van der Waals surface area contributed by atoms with Gasteiger partial charge in [-0.25, -0.2) is 8.78 Å². The summed E-state index contributed by atoms with van der Waals surface area (Å²) >= 11 is 0. The van der Waals surface area contributed by atoms with Gasteiger partial charge in [-0.05, 0) is 31.9 Å². The van der Waals surface area contributed by atoms with E-state index in [1.165, 1.54) is 12.1 Å². The zero-order valence-corrected chi connectivity index (χ0v) is 11.6. The first-order valence-electron chi connectivity index (χ1n) is 7.08. The Morgan fingerprint density at radius 2 is 2.30 bits per heavy atom. The minimum atomic E-state index is -0.615. The van der Waals surface area contributed by atoms with Crippen LogP contribution in [0.1, 0.15) is 44.2 Å². The van der Waals surface area contributed by atoms with Crippen molar-refractivity contribution < 1.29 is 13.6 Å². The van der Waals surface area contributed by atoms with E-state index < -0.39 is 17.7 Å². The molecule has 1 saturated heterocycles. The lowest BCUT2D eigenvalue weighted by atomic mass is 10.0. The first-order valence-corrected chi connectivity index (χ1v) is 7.08. The van der Waals surface area contributed by atoms with Crippen molar-refractivity contribution in [3.63, 3.8) is 0 Å². The SMILES string of the molecule is CCC(NC(=O)CC1CCCN1)c1ccc(F)cc1F. The Morgan fingerprint density at radius 1 is 1.50 bits per heavy atom. The van der Waals surface area contributed by atoms with Crippen LogP contribution in [0.5, 0.6) is 0 Å². The molecule has 2 rings (SSSR count). The van der Waals surface area contributed by atoms with Crippen molar-refractivity contribution in [3.05, 3.63) is 35.4 Å². The van der Waals surface area contributed by atoms with Gasteiger partial charge < -0.3 is 10.6 Å². The molecule has 2 unspecified atom stereocenters. The fourth-order valence-electron chi connectivity index (χ4n) is 2.59. The minimum absolute atomic E-state index is 0.0972. The van der Waals surface area contributed by atoms with E-state index in [1.807, 2.05) is 6.92 Å². The highest BCUT2D eigenvalue weighted by molar-refractivity contribution is 5.77. The molecule has 3 nitrogen and oxygen atoms in total. The van der Waals surface area contributed by atoms with Gasteiger partial charge in [-0.2, -0.15) is 0 Å². The molecule has 0 saturated carbocycles. The topological polar surface area (TPSA) is 41.1 Å². The van der Waals surface area contributed by atoms with Crippen molar-refractivity contribution in [3.8, 4) is 0 Å². The molecule has 0 aliphatic carbocycles. The summed E-state index contributed by atoms with van der Waals surface area (Å²) in [7, 11) is 0. The normalized spacial score (nSPS) is 19.9. The monoisotopic (exact) mass is 282 g/mol. The fraction of sp³-hybridized carbons (Fsp3) is 0.533. The Balaban J connectivity index is 1.98. The maximum absolute atomic E-state index is 13.7. The Hall–Kier alpha value is -1.49. The van der Waals surface area contributed by atoms with E-state index >= 15 is 0 Å². The van der Waals surface area contributed by atoms with E-state index in [0.717, 1.165) is 25.5 Å². The summed E-state index contributed by atoms with van der Waals surface area (Å²) < 4.78 is 26.7. The predicted octanol–water partition coefficient (Wildman–Crippen LogP) is 2.67. The maximum atomic E-state index is 13.7. The van der Waals surface area contributed by atoms with E-state index in [0.29, 0.717) is 18.4 Å².